The van der Waals surface area contributed by atoms with E-state index in [-0.39, 0.29) is 11.4 Å². The van der Waals surface area contributed by atoms with Gasteiger partial charge in [0.25, 0.3) is 0 Å². The van der Waals surface area contributed by atoms with Crippen LogP contribution in [0.2, 0.25) is 0 Å². The molecule has 1 aromatic heterocycles. The predicted octanol–water partition coefficient (Wildman–Crippen LogP) is 2.67. The summed E-state index contributed by atoms with van der Waals surface area (Å²) in [7, 11) is 1.56. The van der Waals surface area contributed by atoms with Crippen molar-refractivity contribution < 1.29 is 22.7 Å². The van der Waals surface area contributed by atoms with Gasteiger partial charge in [0.2, 0.25) is 5.91 Å². The van der Waals surface area contributed by atoms with Crippen molar-refractivity contribution in [2.24, 2.45) is 0 Å². The summed E-state index contributed by atoms with van der Waals surface area (Å²) in [4.78, 5) is 11.9. The van der Waals surface area contributed by atoms with Crippen molar-refractivity contribution in [2.75, 3.05) is 24.8 Å². The number of para-hydroxylation sites is 1. The number of thioether (sulfide) groups is 1. The number of benzene rings is 1. The summed E-state index contributed by atoms with van der Waals surface area (Å²) in [5, 5.41) is 10.4. The smallest absolute Gasteiger partial charge is 0.383 e. The fourth-order valence-electron chi connectivity index (χ4n) is 1.85. The molecular formula is C14H15F3N4O2S. The van der Waals surface area contributed by atoms with E-state index in [9.17, 15) is 18.0 Å². The van der Waals surface area contributed by atoms with Crippen LogP contribution in [-0.4, -0.2) is 40.1 Å². The molecule has 0 saturated carbocycles. The highest BCUT2D eigenvalue weighted by Crippen LogP contribution is 2.34. The molecule has 0 unspecified atom stereocenters. The first-order valence-electron chi connectivity index (χ1n) is 6.87. The molecule has 2 rings (SSSR count). The molecule has 6 nitrogen and oxygen atoms in total. The number of nitrogens with zero attached hydrogens (tertiary/aromatic N) is 3. The molecule has 0 aliphatic carbocycles. The van der Waals surface area contributed by atoms with Gasteiger partial charge in [0, 0.05) is 13.7 Å². The zero-order chi connectivity index (χ0) is 17.6. The van der Waals surface area contributed by atoms with E-state index in [4.69, 9.17) is 4.74 Å². The fourth-order valence-corrected chi connectivity index (χ4v) is 2.60. The summed E-state index contributed by atoms with van der Waals surface area (Å²) in [6, 6.07) is 4.83. The van der Waals surface area contributed by atoms with Crippen molar-refractivity contribution >= 4 is 23.4 Å². The highest BCUT2D eigenvalue weighted by atomic mass is 32.2. The van der Waals surface area contributed by atoms with Crippen LogP contribution >= 0.6 is 11.8 Å². The molecule has 0 bridgehead atoms. The topological polar surface area (TPSA) is 69.0 Å². The van der Waals surface area contributed by atoms with Gasteiger partial charge in [0.05, 0.1) is 23.6 Å². The first kappa shape index (κ1) is 18.3. The number of alkyl halides is 3. The minimum atomic E-state index is -4.53. The van der Waals surface area contributed by atoms with Crippen LogP contribution in [-0.2, 0) is 22.3 Å². The molecule has 0 aliphatic rings. The molecule has 0 fully saturated rings. The Hall–Kier alpha value is -2.07. The normalized spacial score (nSPS) is 11.5. The Morgan fingerprint density at radius 3 is 2.83 bits per heavy atom. The number of hydrogen-bond acceptors (Lipinski definition) is 5. The Morgan fingerprint density at radius 2 is 2.12 bits per heavy atom. The van der Waals surface area contributed by atoms with Crippen LogP contribution in [0.3, 0.4) is 0 Å². The molecule has 0 atom stereocenters. The summed E-state index contributed by atoms with van der Waals surface area (Å²) in [6.45, 7) is 0.973. The average Bonchev–Trinajstić information content (AvgIpc) is 2.98. The number of aromatic nitrogens is 3. The summed E-state index contributed by atoms with van der Waals surface area (Å²) in [5.41, 5.74) is -1.15. The molecule has 0 spiro atoms. The van der Waals surface area contributed by atoms with E-state index in [0.717, 1.165) is 17.8 Å². The van der Waals surface area contributed by atoms with Crippen LogP contribution < -0.4 is 5.32 Å². The van der Waals surface area contributed by atoms with E-state index in [1.54, 1.807) is 11.7 Å². The number of methoxy groups -OCH3 is 1. The average molecular weight is 360 g/mol. The highest BCUT2D eigenvalue weighted by molar-refractivity contribution is 7.99. The van der Waals surface area contributed by atoms with Gasteiger partial charge >= 0.3 is 6.18 Å². The van der Waals surface area contributed by atoms with Crippen LogP contribution in [0.1, 0.15) is 5.56 Å². The SMILES string of the molecule is COCCn1cnnc1SCC(=O)Nc1ccccc1C(F)(F)F. The second kappa shape index (κ2) is 8.15. The van der Waals surface area contributed by atoms with Gasteiger partial charge in [-0.25, -0.2) is 0 Å². The molecular weight excluding hydrogens is 345 g/mol. The molecule has 0 aliphatic heterocycles. The monoisotopic (exact) mass is 360 g/mol. The zero-order valence-electron chi connectivity index (χ0n) is 12.7. The summed E-state index contributed by atoms with van der Waals surface area (Å²) >= 11 is 1.09. The maximum Gasteiger partial charge on any atom is 0.418 e. The Morgan fingerprint density at radius 1 is 1.38 bits per heavy atom. The van der Waals surface area contributed by atoms with Crippen molar-refractivity contribution in [1.82, 2.24) is 14.8 Å². The highest BCUT2D eigenvalue weighted by Gasteiger charge is 2.33. The Labute approximate surface area is 140 Å². The van der Waals surface area contributed by atoms with E-state index < -0.39 is 17.6 Å². The lowest BCUT2D eigenvalue weighted by molar-refractivity contribution is -0.137. The lowest BCUT2D eigenvalue weighted by atomic mass is 10.1. The van der Waals surface area contributed by atoms with Crippen LogP contribution in [0.4, 0.5) is 18.9 Å². The molecule has 0 saturated heterocycles. The third-order valence-electron chi connectivity index (χ3n) is 2.96. The van der Waals surface area contributed by atoms with Crippen molar-refractivity contribution in [2.45, 2.75) is 17.9 Å². The fraction of sp³-hybridized carbons (Fsp3) is 0.357. The molecule has 2 aromatic rings. The summed E-state index contributed by atoms with van der Waals surface area (Å²) < 4.78 is 45.3. The number of carbonyl (C=O) groups excluding carboxylic acids is 1. The third-order valence-corrected chi connectivity index (χ3v) is 3.94. The minimum absolute atomic E-state index is 0.0854. The molecule has 10 heteroatoms. The maximum absolute atomic E-state index is 12.9. The minimum Gasteiger partial charge on any atom is -0.383 e. The molecule has 1 amide bonds. The molecule has 130 valence electrons. The predicted molar refractivity (Wildman–Crippen MR) is 82.7 cm³/mol. The molecule has 1 N–H and O–H groups in total. The van der Waals surface area contributed by atoms with Crippen molar-refractivity contribution in [3.63, 3.8) is 0 Å². The number of amides is 1. The largest absolute Gasteiger partial charge is 0.418 e. The van der Waals surface area contributed by atoms with Gasteiger partial charge in [-0.15, -0.1) is 10.2 Å². The van der Waals surface area contributed by atoms with Gasteiger partial charge < -0.3 is 14.6 Å². The Bertz CT molecular complexity index is 691. The third kappa shape index (κ3) is 4.96. The van der Waals surface area contributed by atoms with Gasteiger partial charge in [-0.05, 0) is 12.1 Å². The number of anilines is 1. The Balaban J connectivity index is 1.97. The van der Waals surface area contributed by atoms with Crippen molar-refractivity contribution in [1.29, 1.82) is 0 Å². The quantitative estimate of drug-likeness (QED) is 0.769. The van der Waals surface area contributed by atoms with Crippen LogP contribution in [0.15, 0.2) is 35.7 Å². The van der Waals surface area contributed by atoms with E-state index in [0.29, 0.717) is 18.3 Å². The molecule has 0 radical (unpaired) electrons. The van der Waals surface area contributed by atoms with Gasteiger partial charge in [0.1, 0.15) is 6.33 Å². The maximum atomic E-state index is 12.9. The molecule has 1 heterocycles. The number of halogens is 3. The van der Waals surface area contributed by atoms with E-state index in [1.165, 1.54) is 24.5 Å². The van der Waals surface area contributed by atoms with Crippen LogP contribution in [0, 0.1) is 0 Å². The Kier molecular flexibility index (Phi) is 6.21. The van der Waals surface area contributed by atoms with E-state index in [1.807, 2.05) is 0 Å². The summed E-state index contributed by atoms with van der Waals surface area (Å²) in [5.74, 6) is -0.643. The van der Waals surface area contributed by atoms with E-state index >= 15 is 0 Å². The first-order chi connectivity index (χ1) is 11.4. The number of hydrogen-bond donors (Lipinski definition) is 1. The molecule has 1 aromatic carbocycles. The second-order valence-electron chi connectivity index (χ2n) is 4.68. The second-order valence-corrected chi connectivity index (χ2v) is 5.62. The van der Waals surface area contributed by atoms with Gasteiger partial charge in [0.15, 0.2) is 5.16 Å². The van der Waals surface area contributed by atoms with Gasteiger partial charge in [-0.1, -0.05) is 23.9 Å². The van der Waals surface area contributed by atoms with Crippen molar-refractivity contribution in [3.05, 3.63) is 36.2 Å². The van der Waals surface area contributed by atoms with Gasteiger partial charge in [-0.2, -0.15) is 13.2 Å². The van der Waals surface area contributed by atoms with Crippen molar-refractivity contribution in [3.8, 4) is 0 Å². The van der Waals surface area contributed by atoms with Gasteiger partial charge in [-0.3, -0.25) is 4.79 Å². The van der Waals surface area contributed by atoms with E-state index in [2.05, 4.69) is 15.5 Å². The van der Waals surface area contributed by atoms with Crippen LogP contribution in [0.5, 0.6) is 0 Å². The lowest BCUT2D eigenvalue weighted by Gasteiger charge is -2.13. The number of rotatable bonds is 7. The lowest BCUT2D eigenvalue weighted by Crippen LogP contribution is -2.18. The first-order valence-corrected chi connectivity index (χ1v) is 7.86. The zero-order valence-corrected chi connectivity index (χ0v) is 13.5. The summed E-state index contributed by atoms with van der Waals surface area (Å²) in [6.07, 6.45) is -3.03. The van der Waals surface area contributed by atoms with Crippen LogP contribution in [0.25, 0.3) is 0 Å². The number of nitrogens with one attached hydrogen (secondary N) is 1. The number of ether oxygens (including phenoxy) is 1. The molecule has 24 heavy (non-hydrogen) atoms. The standard InChI is InChI=1S/C14H15F3N4O2S/c1-23-7-6-21-9-18-20-13(21)24-8-12(22)19-11-5-3-2-4-10(11)14(15,16)17/h2-5,9H,6-8H2,1H3,(H,19,22). The number of carbonyl (C=O) groups is 1.